The third-order valence-electron chi connectivity index (χ3n) is 2.69. The summed E-state index contributed by atoms with van der Waals surface area (Å²) in [6.07, 6.45) is 0. The highest BCUT2D eigenvalue weighted by Crippen LogP contribution is 2.23. The normalized spacial score (nSPS) is 10.4. The Balaban J connectivity index is 2.32. The van der Waals surface area contributed by atoms with Crippen molar-refractivity contribution in [2.75, 3.05) is 5.32 Å². The van der Waals surface area contributed by atoms with E-state index in [2.05, 4.69) is 33.9 Å². The van der Waals surface area contributed by atoms with E-state index < -0.39 is 17.5 Å². The molecule has 2 aromatic rings. The van der Waals surface area contributed by atoms with Crippen molar-refractivity contribution in [3.8, 4) is 0 Å². The average molecular weight is 358 g/mol. The summed E-state index contributed by atoms with van der Waals surface area (Å²) in [7, 11) is 0. The lowest BCUT2D eigenvalue weighted by Crippen LogP contribution is -2.14. The van der Waals surface area contributed by atoms with Crippen LogP contribution in [0.3, 0.4) is 0 Å². The van der Waals surface area contributed by atoms with E-state index in [0.29, 0.717) is 9.37 Å². The maximum Gasteiger partial charge on any atom is 0.256 e. The zero-order valence-electron chi connectivity index (χ0n) is 10.4. The predicted molar refractivity (Wildman–Crippen MR) is 80.4 cm³/mol. The average Bonchev–Trinajstić information content (AvgIpc) is 2.38. The molecule has 0 aromatic heterocycles. The van der Waals surface area contributed by atoms with Crippen LogP contribution in [-0.4, -0.2) is 5.91 Å². The maximum absolute atomic E-state index is 13.7. The Hall–Kier alpha value is -1.40. The first-order chi connectivity index (χ1) is 9.38. The number of rotatable bonds is 2. The maximum atomic E-state index is 13.7. The molecule has 0 unspecified atom stereocenters. The Labute approximate surface area is 128 Å². The van der Waals surface area contributed by atoms with Gasteiger partial charge in [0, 0.05) is 15.4 Å². The number of aryl methyl sites for hydroxylation is 1. The number of nitrogens with one attached hydrogen (secondary N) is 1. The summed E-state index contributed by atoms with van der Waals surface area (Å²) in [6.45, 7) is 1.45. The molecule has 6 heteroatoms. The molecule has 0 spiro atoms. The third kappa shape index (κ3) is 3.19. The van der Waals surface area contributed by atoms with Crippen molar-refractivity contribution in [2.45, 2.75) is 11.8 Å². The van der Waals surface area contributed by atoms with Gasteiger partial charge in [0.15, 0.2) is 0 Å². The lowest BCUT2D eigenvalue weighted by atomic mass is 10.1. The van der Waals surface area contributed by atoms with Crippen molar-refractivity contribution in [3.63, 3.8) is 0 Å². The second kappa shape index (κ2) is 5.93. The Kier molecular flexibility index (Phi) is 4.45. The first-order valence-corrected chi connectivity index (χ1v) is 6.88. The minimum atomic E-state index is -0.685. The van der Waals surface area contributed by atoms with Gasteiger partial charge in [0.2, 0.25) is 0 Å². The monoisotopic (exact) mass is 357 g/mol. The van der Waals surface area contributed by atoms with Crippen LogP contribution in [0.4, 0.5) is 14.5 Å². The molecule has 0 saturated heterocycles. The highest BCUT2D eigenvalue weighted by molar-refractivity contribution is 9.10. The molecule has 0 aliphatic carbocycles. The summed E-state index contributed by atoms with van der Waals surface area (Å²) < 4.78 is 27.6. The number of carbonyl (C=O) groups excluding carboxylic acids is 1. The van der Waals surface area contributed by atoms with Gasteiger partial charge >= 0.3 is 0 Å². The molecule has 0 aliphatic rings. The summed E-state index contributed by atoms with van der Waals surface area (Å²) in [4.78, 5) is 12.7. The van der Waals surface area contributed by atoms with Crippen LogP contribution in [0, 0.1) is 18.6 Å². The number of anilines is 1. The molecule has 104 valence electrons. The van der Waals surface area contributed by atoms with Gasteiger partial charge in [-0.2, -0.15) is 0 Å². The van der Waals surface area contributed by atoms with Gasteiger partial charge in [-0.3, -0.25) is 4.79 Å². The molecule has 0 radical (unpaired) electrons. The zero-order valence-corrected chi connectivity index (χ0v) is 12.9. The molecule has 0 fully saturated rings. The van der Waals surface area contributed by atoms with Crippen LogP contribution in [0.1, 0.15) is 15.9 Å². The first-order valence-electron chi connectivity index (χ1n) is 5.64. The van der Waals surface area contributed by atoms with Crippen LogP contribution in [0.25, 0.3) is 0 Å². The van der Waals surface area contributed by atoms with Crippen LogP contribution in [-0.2, 0) is 0 Å². The minimum Gasteiger partial charge on any atom is -0.319 e. The summed E-state index contributed by atoms with van der Waals surface area (Å²) in [5.74, 6) is -1.81. The molecule has 20 heavy (non-hydrogen) atoms. The van der Waals surface area contributed by atoms with Crippen LogP contribution in [0.2, 0.25) is 0 Å². The van der Waals surface area contributed by atoms with E-state index in [-0.39, 0.29) is 16.8 Å². The second-order valence-electron chi connectivity index (χ2n) is 4.20. The number of thiol groups is 1. The van der Waals surface area contributed by atoms with E-state index in [1.54, 1.807) is 12.1 Å². The Morgan fingerprint density at radius 1 is 1.20 bits per heavy atom. The van der Waals surface area contributed by atoms with Crippen molar-refractivity contribution in [2.24, 2.45) is 0 Å². The fourth-order valence-electron chi connectivity index (χ4n) is 1.62. The molecule has 0 heterocycles. The highest BCUT2D eigenvalue weighted by Gasteiger charge is 2.14. The molecular weight excluding hydrogens is 348 g/mol. The second-order valence-corrected chi connectivity index (χ2v) is 5.57. The Morgan fingerprint density at radius 2 is 1.90 bits per heavy atom. The van der Waals surface area contributed by atoms with Crippen LogP contribution >= 0.6 is 28.6 Å². The van der Waals surface area contributed by atoms with Gasteiger partial charge in [0.1, 0.15) is 11.6 Å². The first kappa shape index (κ1) is 15.0. The molecule has 0 aliphatic heterocycles. The summed E-state index contributed by atoms with van der Waals surface area (Å²) in [6, 6.07) is 6.89. The van der Waals surface area contributed by atoms with Crippen molar-refractivity contribution in [1.82, 2.24) is 0 Å². The number of carbonyl (C=O) groups is 1. The number of hydrogen-bond donors (Lipinski definition) is 2. The van der Waals surface area contributed by atoms with Crippen molar-refractivity contribution >= 4 is 40.2 Å². The van der Waals surface area contributed by atoms with E-state index in [1.165, 1.54) is 13.0 Å². The van der Waals surface area contributed by atoms with E-state index in [4.69, 9.17) is 0 Å². The standard InChI is InChI=1S/C14H10BrF2NOS/c1-7-4-12(17)13(6-11(7)16)18-14(19)9-5-8(20)2-3-10(9)15/h2-6,20H,1H3,(H,18,19). The molecular formula is C14H10BrF2NOS. The lowest BCUT2D eigenvalue weighted by Gasteiger charge is -2.09. The molecule has 0 saturated carbocycles. The molecule has 0 bridgehead atoms. The minimum absolute atomic E-state index is 0.180. The van der Waals surface area contributed by atoms with Crippen molar-refractivity contribution in [3.05, 3.63) is 57.6 Å². The number of amides is 1. The summed E-state index contributed by atoms with van der Waals surface area (Å²) in [5, 5.41) is 2.34. The van der Waals surface area contributed by atoms with Gasteiger partial charge in [-0.1, -0.05) is 0 Å². The van der Waals surface area contributed by atoms with Gasteiger partial charge in [-0.15, -0.1) is 12.6 Å². The number of hydrogen-bond acceptors (Lipinski definition) is 2. The van der Waals surface area contributed by atoms with Crippen molar-refractivity contribution < 1.29 is 13.6 Å². The van der Waals surface area contributed by atoms with Crippen LogP contribution in [0.15, 0.2) is 39.7 Å². The lowest BCUT2D eigenvalue weighted by molar-refractivity contribution is 0.102. The number of halogens is 3. The fourth-order valence-corrected chi connectivity index (χ4v) is 2.25. The van der Waals surface area contributed by atoms with Gasteiger partial charge in [-0.05, 0) is 52.7 Å². The van der Waals surface area contributed by atoms with Gasteiger partial charge in [0.25, 0.3) is 5.91 Å². The Bertz CT molecular complexity index is 691. The zero-order chi connectivity index (χ0) is 14.9. The van der Waals surface area contributed by atoms with Gasteiger partial charge in [-0.25, -0.2) is 8.78 Å². The van der Waals surface area contributed by atoms with Crippen molar-refractivity contribution in [1.29, 1.82) is 0 Å². The largest absolute Gasteiger partial charge is 0.319 e. The Morgan fingerprint density at radius 3 is 2.60 bits per heavy atom. The topological polar surface area (TPSA) is 29.1 Å². The van der Waals surface area contributed by atoms with E-state index in [1.807, 2.05) is 0 Å². The van der Waals surface area contributed by atoms with Crippen LogP contribution in [0.5, 0.6) is 0 Å². The fraction of sp³-hybridized carbons (Fsp3) is 0.0714. The molecule has 2 aromatic carbocycles. The summed E-state index contributed by atoms with van der Waals surface area (Å²) >= 11 is 7.36. The number of benzene rings is 2. The highest BCUT2D eigenvalue weighted by atomic mass is 79.9. The molecule has 2 rings (SSSR count). The van der Waals surface area contributed by atoms with E-state index >= 15 is 0 Å². The van der Waals surface area contributed by atoms with Gasteiger partial charge < -0.3 is 5.32 Å². The molecule has 2 nitrogen and oxygen atoms in total. The third-order valence-corrected chi connectivity index (χ3v) is 3.66. The quantitative estimate of drug-likeness (QED) is 0.757. The summed E-state index contributed by atoms with van der Waals surface area (Å²) in [5.41, 5.74) is 0.270. The smallest absolute Gasteiger partial charge is 0.256 e. The molecule has 1 amide bonds. The predicted octanol–water partition coefficient (Wildman–Crippen LogP) is 4.58. The van der Waals surface area contributed by atoms with E-state index in [9.17, 15) is 13.6 Å². The molecule has 1 N–H and O–H groups in total. The molecule has 0 atom stereocenters. The SMILES string of the molecule is Cc1cc(F)c(NC(=O)c2cc(S)ccc2Br)cc1F. The van der Waals surface area contributed by atoms with Gasteiger partial charge in [0.05, 0.1) is 11.3 Å². The van der Waals surface area contributed by atoms with Crippen LogP contribution < -0.4 is 5.32 Å². The van der Waals surface area contributed by atoms with E-state index in [0.717, 1.165) is 12.1 Å².